The maximum atomic E-state index is 14.0. The number of piperazine rings is 1. The normalized spacial score (nSPS) is 20.0. The van der Waals surface area contributed by atoms with Crippen molar-refractivity contribution in [3.8, 4) is 0 Å². The van der Waals surface area contributed by atoms with E-state index in [1.165, 1.54) is 23.0 Å². The summed E-state index contributed by atoms with van der Waals surface area (Å²) in [6.07, 6.45) is 0.697. The molecule has 0 unspecified atom stereocenters. The van der Waals surface area contributed by atoms with Crippen LogP contribution in [-0.4, -0.2) is 31.6 Å². The summed E-state index contributed by atoms with van der Waals surface area (Å²) >= 11 is 0. The van der Waals surface area contributed by atoms with E-state index < -0.39 is 0 Å². The van der Waals surface area contributed by atoms with Gasteiger partial charge in [0.1, 0.15) is 5.82 Å². The summed E-state index contributed by atoms with van der Waals surface area (Å²) in [7, 11) is 0. The number of para-hydroxylation sites is 2. The minimum atomic E-state index is -0.286. The predicted octanol–water partition coefficient (Wildman–Crippen LogP) is 4.01. The van der Waals surface area contributed by atoms with Gasteiger partial charge >= 0.3 is 0 Å². The molecular formula is C26H26FN3O. The van der Waals surface area contributed by atoms with Gasteiger partial charge in [-0.25, -0.2) is 4.39 Å². The summed E-state index contributed by atoms with van der Waals surface area (Å²) in [5.74, 6) is -0.484. The van der Waals surface area contributed by atoms with Gasteiger partial charge in [-0.3, -0.25) is 4.79 Å². The molecule has 2 aliphatic heterocycles. The second kappa shape index (κ2) is 8.42. The average molecular weight is 416 g/mol. The predicted molar refractivity (Wildman–Crippen MR) is 122 cm³/mol. The van der Waals surface area contributed by atoms with Gasteiger partial charge in [-0.2, -0.15) is 0 Å². The van der Waals surface area contributed by atoms with Crippen LogP contribution in [0.5, 0.6) is 0 Å². The zero-order valence-electron chi connectivity index (χ0n) is 17.4. The number of hydrogen-bond acceptors (Lipinski definition) is 3. The molecule has 1 N–H and O–H groups in total. The maximum absolute atomic E-state index is 14.0. The van der Waals surface area contributed by atoms with Crippen molar-refractivity contribution in [3.63, 3.8) is 0 Å². The Morgan fingerprint density at radius 2 is 1.68 bits per heavy atom. The Bertz CT molecular complexity index is 1070. The van der Waals surface area contributed by atoms with Crippen molar-refractivity contribution in [1.29, 1.82) is 0 Å². The van der Waals surface area contributed by atoms with Gasteiger partial charge in [-0.15, -0.1) is 0 Å². The highest BCUT2D eigenvalue weighted by atomic mass is 19.1. The maximum Gasteiger partial charge on any atom is 0.225 e. The van der Waals surface area contributed by atoms with Crippen molar-refractivity contribution < 1.29 is 9.18 Å². The number of nitrogens with zero attached hydrogens (tertiary/aromatic N) is 2. The van der Waals surface area contributed by atoms with Gasteiger partial charge in [0.25, 0.3) is 0 Å². The highest BCUT2D eigenvalue weighted by Gasteiger charge is 2.41. The van der Waals surface area contributed by atoms with Crippen LogP contribution >= 0.6 is 0 Å². The van der Waals surface area contributed by atoms with Crippen molar-refractivity contribution in [3.05, 3.63) is 95.8 Å². The fourth-order valence-corrected chi connectivity index (χ4v) is 4.89. The van der Waals surface area contributed by atoms with E-state index in [1.54, 1.807) is 18.2 Å². The molecule has 0 aromatic heterocycles. The smallest absolute Gasteiger partial charge is 0.225 e. The largest absolute Gasteiger partial charge is 0.368 e. The molecule has 0 aliphatic carbocycles. The molecule has 2 heterocycles. The Morgan fingerprint density at radius 3 is 2.52 bits per heavy atom. The van der Waals surface area contributed by atoms with Gasteiger partial charge in [0.15, 0.2) is 0 Å². The zero-order chi connectivity index (χ0) is 21.2. The van der Waals surface area contributed by atoms with Crippen LogP contribution in [-0.2, 0) is 17.8 Å². The molecule has 0 spiro atoms. The number of carbonyl (C=O) groups excluding carboxylic acids is 1. The summed E-state index contributed by atoms with van der Waals surface area (Å²) < 4.78 is 14.0. The van der Waals surface area contributed by atoms with E-state index in [2.05, 4.69) is 57.6 Å². The van der Waals surface area contributed by atoms with E-state index >= 15 is 0 Å². The van der Waals surface area contributed by atoms with Crippen molar-refractivity contribution in [1.82, 2.24) is 5.32 Å². The first-order valence-corrected chi connectivity index (χ1v) is 10.9. The van der Waals surface area contributed by atoms with E-state index in [1.807, 2.05) is 12.1 Å². The van der Waals surface area contributed by atoms with Crippen LogP contribution in [0.25, 0.3) is 0 Å². The lowest BCUT2D eigenvalue weighted by molar-refractivity contribution is -0.126. The van der Waals surface area contributed by atoms with E-state index in [9.17, 15) is 9.18 Å². The van der Waals surface area contributed by atoms with Gasteiger partial charge in [0, 0.05) is 43.1 Å². The number of halogens is 1. The number of nitrogens with one attached hydrogen (secondary N) is 1. The van der Waals surface area contributed by atoms with Gasteiger partial charge in [0.05, 0.1) is 12.0 Å². The molecule has 3 aromatic carbocycles. The number of carbonyl (C=O) groups is 1. The van der Waals surface area contributed by atoms with E-state index in [0.29, 0.717) is 12.0 Å². The molecule has 0 radical (unpaired) electrons. The van der Waals surface area contributed by atoms with Crippen LogP contribution in [0.15, 0.2) is 78.9 Å². The molecule has 0 saturated carbocycles. The number of benzene rings is 3. The molecule has 158 valence electrons. The lowest BCUT2D eigenvalue weighted by Crippen LogP contribution is -2.61. The molecule has 1 saturated heterocycles. The molecule has 2 aliphatic rings. The number of fused-ring (bicyclic) bond motifs is 3. The molecule has 1 amide bonds. The van der Waals surface area contributed by atoms with Gasteiger partial charge in [0.2, 0.25) is 5.91 Å². The Balaban J connectivity index is 1.40. The molecule has 31 heavy (non-hydrogen) atoms. The van der Waals surface area contributed by atoms with Gasteiger partial charge in [-0.1, -0.05) is 54.6 Å². The van der Waals surface area contributed by atoms with Crippen molar-refractivity contribution in [2.45, 2.75) is 19.0 Å². The van der Waals surface area contributed by atoms with Crippen molar-refractivity contribution in [2.75, 3.05) is 29.4 Å². The van der Waals surface area contributed by atoms with E-state index in [-0.39, 0.29) is 30.2 Å². The third-order valence-corrected chi connectivity index (χ3v) is 6.49. The number of rotatable bonds is 4. The van der Waals surface area contributed by atoms with Crippen LogP contribution in [0.3, 0.4) is 0 Å². The topological polar surface area (TPSA) is 35.6 Å². The lowest BCUT2D eigenvalue weighted by Gasteiger charge is -2.49. The highest BCUT2D eigenvalue weighted by Crippen LogP contribution is 2.36. The molecule has 2 atom stereocenters. The SMILES string of the molecule is O=C(NCc1ccccc1F)[C@H]1Cc2ccccc2N2CCN(c3ccccc3)C[C@H]12. The van der Waals surface area contributed by atoms with Crippen LogP contribution in [0.1, 0.15) is 11.1 Å². The molecule has 0 bridgehead atoms. The standard InChI is InChI=1S/C26H26FN3O/c27-23-12-6-4-9-20(23)17-28-26(31)22-16-19-8-5-7-13-24(19)30-15-14-29(18-25(22)30)21-10-2-1-3-11-21/h1-13,22,25H,14-18H2,(H,28,31)/t22-,25+/m0/s1. The van der Waals surface area contributed by atoms with E-state index in [4.69, 9.17) is 0 Å². The van der Waals surface area contributed by atoms with Crippen molar-refractivity contribution in [2.24, 2.45) is 5.92 Å². The first kappa shape index (κ1) is 19.6. The van der Waals surface area contributed by atoms with Gasteiger partial charge in [-0.05, 0) is 36.2 Å². The fourth-order valence-electron chi connectivity index (χ4n) is 4.89. The summed E-state index contributed by atoms with van der Waals surface area (Å²) in [6, 6.07) is 25.4. The average Bonchev–Trinajstić information content (AvgIpc) is 2.83. The van der Waals surface area contributed by atoms with Crippen molar-refractivity contribution >= 4 is 17.3 Å². The Morgan fingerprint density at radius 1 is 0.935 bits per heavy atom. The Kier molecular flexibility index (Phi) is 5.33. The summed E-state index contributed by atoms with van der Waals surface area (Å²) in [4.78, 5) is 18.1. The molecule has 4 nitrogen and oxygen atoms in total. The third-order valence-electron chi connectivity index (χ3n) is 6.49. The summed E-state index contributed by atoms with van der Waals surface area (Å²) in [6.45, 7) is 2.78. The molecule has 5 rings (SSSR count). The third kappa shape index (κ3) is 3.88. The monoisotopic (exact) mass is 415 g/mol. The fraction of sp³-hybridized carbons (Fsp3) is 0.269. The minimum Gasteiger partial charge on any atom is -0.368 e. The van der Waals surface area contributed by atoms with Crippen LogP contribution in [0, 0.1) is 11.7 Å². The quantitative estimate of drug-likeness (QED) is 0.699. The lowest BCUT2D eigenvalue weighted by atomic mass is 9.83. The number of amides is 1. The summed E-state index contributed by atoms with van der Waals surface area (Å²) in [5.41, 5.74) is 4.14. The number of hydrogen-bond donors (Lipinski definition) is 1. The highest BCUT2D eigenvalue weighted by molar-refractivity contribution is 5.82. The molecule has 5 heteroatoms. The van der Waals surface area contributed by atoms with Crippen LogP contribution < -0.4 is 15.1 Å². The minimum absolute atomic E-state index is 0.0114. The van der Waals surface area contributed by atoms with Crippen LogP contribution in [0.4, 0.5) is 15.8 Å². The number of anilines is 2. The Hall–Kier alpha value is -3.34. The first-order valence-electron chi connectivity index (χ1n) is 10.9. The molecular weight excluding hydrogens is 389 g/mol. The van der Waals surface area contributed by atoms with Crippen LogP contribution in [0.2, 0.25) is 0 Å². The van der Waals surface area contributed by atoms with Gasteiger partial charge < -0.3 is 15.1 Å². The molecule has 3 aromatic rings. The van der Waals surface area contributed by atoms with E-state index in [0.717, 1.165) is 19.6 Å². The second-order valence-electron chi connectivity index (χ2n) is 8.29. The first-order chi connectivity index (χ1) is 15.2. The second-order valence-corrected chi connectivity index (χ2v) is 8.29. The molecule has 1 fully saturated rings. The zero-order valence-corrected chi connectivity index (χ0v) is 17.4. The summed E-state index contributed by atoms with van der Waals surface area (Å²) in [5, 5.41) is 3.00. The Labute approximate surface area is 182 Å².